The van der Waals surface area contributed by atoms with Gasteiger partial charge in [0, 0.05) is 25.2 Å². The van der Waals surface area contributed by atoms with E-state index in [9.17, 15) is 0 Å². The molecule has 2 nitrogen and oxygen atoms in total. The summed E-state index contributed by atoms with van der Waals surface area (Å²) in [5.74, 6) is 0. The van der Waals surface area contributed by atoms with Crippen molar-refractivity contribution < 1.29 is 0 Å². The Hall–Kier alpha value is -0.0800. The number of hydrogen-bond acceptors (Lipinski definition) is 2. The Labute approximate surface area is 57.0 Å². The van der Waals surface area contributed by atoms with Crippen LogP contribution in [0, 0.1) is 0 Å². The van der Waals surface area contributed by atoms with Crippen LogP contribution >= 0.6 is 0 Å². The Morgan fingerprint density at radius 3 is 2.67 bits per heavy atom. The summed E-state index contributed by atoms with van der Waals surface area (Å²) in [6.45, 7) is 6.70. The molecule has 0 saturated carbocycles. The lowest BCUT2D eigenvalue weighted by Crippen LogP contribution is -2.53. The molecule has 0 radical (unpaired) electrons. The first-order valence-corrected chi connectivity index (χ1v) is 3.79. The largest absolute Gasteiger partial charge is 0.314 e. The lowest BCUT2D eigenvalue weighted by Gasteiger charge is -2.28. The van der Waals surface area contributed by atoms with Gasteiger partial charge in [-0.1, -0.05) is 6.92 Å². The Kier molecular flexibility index (Phi) is 2.49. The Morgan fingerprint density at radius 2 is 2.22 bits per heavy atom. The molecule has 2 atom stereocenters. The maximum atomic E-state index is 3.50. The van der Waals surface area contributed by atoms with Crippen LogP contribution in [0.2, 0.25) is 0 Å². The molecule has 0 bridgehead atoms. The molecule has 0 amide bonds. The molecular weight excluding hydrogens is 112 g/mol. The third-order valence-electron chi connectivity index (χ3n) is 1.85. The van der Waals surface area contributed by atoms with Crippen LogP contribution in [0.15, 0.2) is 0 Å². The van der Waals surface area contributed by atoms with Gasteiger partial charge in [-0.3, -0.25) is 0 Å². The maximum absolute atomic E-state index is 3.50. The third kappa shape index (κ3) is 1.95. The smallest absolute Gasteiger partial charge is 0.0192 e. The van der Waals surface area contributed by atoms with Gasteiger partial charge < -0.3 is 10.6 Å². The molecule has 0 aromatic heterocycles. The quantitative estimate of drug-likeness (QED) is 0.532. The number of hydrogen-bond donors (Lipinski definition) is 2. The van der Waals surface area contributed by atoms with Gasteiger partial charge in [0.1, 0.15) is 0 Å². The topological polar surface area (TPSA) is 24.1 Å². The molecule has 0 aromatic rings. The molecule has 1 heterocycles. The second kappa shape index (κ2) is 3.18. The number of rotatable bonds is 1. The summed E-state index contributed by atoms with van der Waals surface area (Å²) in [5.41, 5.74) is 0. The summed E-state index contributed by atoms with van der Waals surface area (Å²) in [4.78, 5) is 0. The molecule has 0 aromatic carbocycles. The van der Waals surface area contributed by atoms with E-state index >= 15 is 0 Å². The standard InChI is InChI=1S/C7H16N2/c1-3-7-5-8-4-6(2)9-7/h6-9H,3-5H2,1-2H3/t6-,7-/m0/s1. The fourth-order valence-corrected chi connectivity index (χ4v) is 1.26. The zero-order chi connectivity index (χ0) is 6.69. The van der Waals surface area contributed by atoms with E-state index in [1.54, 1.807) is 0 Å². The van der Waals surface area contributed by atoms with Gasteiger partial charge in [-0.2, -0.15) is 0 Å². The first-order chi connectivity index (χ1) is 4.33. The van der Waals surface area contributed by atoms with Crippen molar-refractivity contribution in [3.63, 3.8) is 0 Å². The second-order valence-corrected chi connectivity index (χ2v) is 2.83. The van der Waals surface area contributed by atoms with E-state index in [-0.39, 0.29) is 0 Å². The SMILES string of the molecule is CC[C@H]1CNC[C@H](C)N1. The van der Waals surface area contributed by atoms with Crippen LogP contribution in [0.3, 0.4) is 0 Å². The van der Waals surface area contributed by atoms with Gasteiger partial charge in [-0.25, -0.2) is 0 Å². The first-order valence-electron chi connectivity index (χ1n) is 3.79. The molecule has 1 aliphatic heterocycles. The lowest BCUT2D eigenvalue weighted by atomic mass is 10.1. The summed E-state index contributed by atoms with van der Waals surface area (Å²) in [7, 11) is 0. The lowest BCUT2D eigenvalue weighted by molar-refractivity contribution is 0.347. The second-order valence-electron chi connectivity index (χ2n) is 2.83. The van der Waals surface area contributed by atoms with E-state index in [1.165, 1.54) is 6.42 Å². The minimum absolute atomic E-state index is 0.656. The van der Waals surface area contributed by atoms with Crippen molar-refractivity contribution in [2.45, 2.75) is 32.4 Å². The summed E-state index contributed by atoms with van der Waals surface area (Å²) < 4.78 is 0. The summed E-state index contributed by atoms with van der Waals surface area (Å²) >= 11 is 0. The van der Waals surface area contributed by atoms with Crippen LogP contribution in [0.4, 0.5) is 0 Å². The van der Waals surface area contributed by atoms with E-state index in [2.05, 4.69) is 24.5 Å². The first kappa shape index (κ1) is 7.03. The maximum Gasteiger partial charge on any atom is 0.0192 e. The van der Waals surface area contributed by atoms with Crippen LogP contribution in [0.1, 0.15) is 20.3 Å². The minimum atomic E-state index is 0.656. The molecule has 1 rings (SSSR count). The normalized spacial score (nSPS) is 36.7. The van der Waals surface area contributed by atoms with Crippen molar-refractivity contribution in [1.29, 1.82) is 0 Å². The molecule has 9 heavy (non-hydrogen) atoms. The number of nitrogens with one attached hydrogen (secondary N) is 2. The highest BCUT2D eigenvalue weighted by atomic mass is 15.1. The average Bonchev–Trinajstić information content (AvgIpc) is 1.88. The van der Waals surface area contributed by atoms with Crippen LogP contribution in [0.25, 0.3) is 0 Å². The van der Waals surface area contributed by atoms with E-state index in [4.69, 9.17) is 0 Å². The van der Waals surface area contributed by atoms with Gasteiger partial charge in [0.15, 0.2) is 0 Å². The van der Waals surface area contributed by atoms with E-state index < -0.39 is 0 Å². The Bertz CT molecular complexity index is 83.0. The van der Waals surface area contributed by atoms with Gasteiger partial charge in [0.25, 0.3) is 0 Å². The van der Waals surface area contributed by atoms with E-state index in [0.717, 1.165) is 13.1 Å². The van der Waals surface area contributed by atoms with Gasteiger partial charge in [0.05, 0.1) is 0 Å². The van der Waals surface area contributed by atoms with Crippen LogP contribution in [-0.2, 0) is 0 Å². The molecule has 0 aliphatic carbocycles. The van der Waals surface area contributed by atoms with Crippen LogP contribution < -0.4 is 10.6 Å². The third-order valence-corrected chi connectivity index (χ3v) is 1.85. The summed E-state index contributed by atoms with van der Waals surface area (Å²) in [6.07, 6.45) is 1.23. The minimum Gasteiger partial charge on any atom is -0.314 e. The van der Waals surface area contributed by atoms with Crippen molar-refractivity contribution in [1.82, 2.24) is 10.6 Å². The molecule has 1 aliphatic rings. The predicted octanol–water partition coefficient (Wildman–Crippen LogP) is 0.346. The van der Waals surface area contributed by atoms with Gasteiger partial charge in [0.2, 0.25) is 0 Å². The van der Waals surface area contributed by atoms with Crippen molar-refractivity contribution >= 4 is 0 Å². The van der Waals surface area contributed by atoms with Crippen molar-refractivity contribution in [2.24, 2.45) is 0 Å². The van der Waals surface area contributed by atoms with Crippen molar-refractivity contribution in [3.8, 4) is 0 Å². The molecule has 1 saturated heterocycles. The highest BCUT2D eigenvalue weighted by Crippen LogP contribution is 1.96. The van der Waals surface area contributed by atoms with Crippen molar-refractivity contribution in [3.05, 3.63) is 0 Å². The van der Waals surface area contributed by atoms with Crippen LogP contribution in [0.5, 0.6) is 0 Å². The van der Waals surface area contributed by atoms with E-state index in [0.29, 0.717) is 12.1 Å². The summed E-state index contributed by atoms with van der Waals surface area (Å²) in [6, 6.07) is 1.36. The fourth-order valence-electron chi connectivity index (χ4n) is 1.26. The average molecular weight is 128 g/mol. The fraction of sp³-hybridized carbons (Fsp3) is 1.00. The molecule has 0 spiro atoms. The number of piperazine rings is 1. The van der Waals surface area contributed by atoms with Gasteiger partial charge in [-0.05, 0) is 13.3 Å². The van der Waals surface area contributed by atoms with Gasteiger partial charge in [-0.15, -0.1) is 0 Å². The molecule has 1 fully saturated rings. The molecule has 2 N–H and O–H groups in total. The highest BCUT2D eigenvalue weighted by molar-refractivity contribution is 4.79. The van der Waals surface area contributed by atoms with Crippen molar-refractivity contribution in [2.75, 3.05) is 13.1 Å². The van der Waals surface area contributed by atoms with E-state index in [1.807, 2.05) is 0 Å². The molecule has 54 valence electrons. The molecule has 0 unspecified atom stereocenters. The predicted molar refractivity (Wildman–Crippen MR) is 39.5 cm³/mol. The Morgan fingerprint density at radius 1 is 1.44 bits per heavy atom. The summed E-state index contributed by atoms with van der Waals surface area (Å²) in [5, 5.41) is 6.88. The Balaban J connectivity index is 2.23. The highest BCUT2D eigenvalue weighted by Gasteiger charge is 2.14. The zero-order valence-corrected chi connectivity index (χ0v) is 6.28. The van der Waals surface area contributed by atoms with Gasteiger partial charge >= 0.3 is 0 Å². The molecular formula is C7H16N2. The monoisotopic (exact) mass is 128 g/mol. The zero-order valence-electron chi connectivity index (χ0n) is 6.28. The molecule has 2 heteroatoms. The van der Waals surface area contributed by atoms with Crippen LogP contribution in [-0.4, -0.2) is 25.2 Å².